The Bertz CT molecular complexity index is 887. The molecule has 3 aromatic heterocycles. The van der Waals surface area contributed by atoms with Gasteiger partial charge in [-0.2, -0.15) is 9.61 Å². The van der Waals surface area contributed by atoms with Crippen LogP contribution >= 0.6 is 0 Å². The zero-order chi connectivity index (χ0) is 14.4. The number of aromatic nitrogens is 4. The Balaban J connectivity index is 2.42. The number of pyridine rings is 1. The molecule has 0 aliphatic carbocycles. The van der Waals surface area contributed by atoms with Gasteiger partial charge in [0.25, 0.3) is 5.69 Å². The molecule has 0 aromatic carbocycles. The molecule has 0 saturated carbocycles. The van der Waals surface area contributed by atoms with E-state index in [1.165, 1.54) is 6.07 Å². The van der Waals surface area contributed by atoms with Crippen LogP contribution in [-0.2, 0) is 0 Å². The maximum atomic E-state index is 10.8. The number of rotatable bonds is 2. The number of nitro groups is 2. The van der Waals surface area contributed by atoms with Gasteiger partial charge in [0.1, 0.15) is 18.2 Å². The molecular weight excluding hydrogens is 270 g/mol. The minimum Gasteiger partial charge on any atom is -0.383 e. The van der Waals surface area contributed by atoms with Crippen LogP contribution in [0.1, 0.15) is 0 Å². The van der Waals surface area contributed by atoms with Crippen molar-refractivity contribution < 1.29 is 9.85 Å². The quantitative estimate of drug-likeness (QED) is 0.528. The lowest BCUT2D eigenvalue weighted by atomic mass is 10.3. The predicted molar refractivity (Wildman–Crippen MR) is 66.0 cm³/mol. The van der Waals surface area contributed by atoms with E-state index in [9.17, 15) is 20.2 Å². The summed E-state index contributed by atoms with van der Waals surface area (Å²) in [7, 11) is 0. The minimum atomic E-state index is -0.647. The monoisotopic (exact) mass is 275 g/mol. The highest BCUT2D eigenvalue weighted by molar-refractivity contribution is 5.90. The van der Waals surface area contributed by atoms with E-state index in [0.717, 1.165) is 16.9 Å². The Kier molecular flexibility index (Phi) is 2.23. The second-order valence-corrected chi connectivity index (χ2v) is 3.84. The highest BCUT2D eigenvalue weighted by Crippen LogP contribution is 2.26. The molecular formula is C9H5N7O4. The summed E-state index contributed by atoms with van der Waals surface area (Å²) in [5.41, 5.74) is 5.24. The lowest BCUT2D eigenvalue weighted by Gasteiger charge is -2.02. The van der Waals surface area contributed by atoms with Crippen molar-refractivity contribution in [3.05, 3.63) is 38.7 Å². The van der Waals surface area contributed by atoms with E-state index in [1.54, 1.807) is 0 Å². The van der Waals surface area contributed by atoms with E-state index in [1.807, 2.05) is 0 Å². The Hall–Kier alpha value is -3.37. The molecule has 0 unspecified atom stereocenters. The molecule has 3 heterocycles. The van der Waals surface area contributed by atoms with Gasteiger partial charge >= 0.3 is 5.69 Å². The van der Waals surface area contributed by atoms with Crippen molar-refractivity contribution in [2.24, 2.45) is 0 Å². The van der Waals surface area contributed by atoms with Crippen LogP contribution in [0.25, 0.3) is 16.7 Å². The van der Waals surface area contributed by atoms with Gasteiger partial charge in [0, 0.05) is 6.07 Å². The van der Waals surface area contributed by atoms with Crippen molar-refractivity contribution in [3.8, 4) is 0 Å². The summed E-state index contributed by atoms with van der Waals surface area (Å²) in [6.07, 6.45) is 2.01. The van der Waals surface area contributed by atoms with Crippen LogP contribution < -0.4 is 5.73 Å². The highest BCUT2D eigenvalue weighted by atomic mass is 16.6. The van der Waals surface area contributed by atoms with Crippen molar-refractivity contribution in [2.45, 2.75) is 0 Å². The molecule has 3 rings (SSSR count). The number of anilines is 1. The SMILES string of the molecule is Nc1c2cc([N+](=O)[O-])cnc2nc2c([N+](=O)[O-])cnn12. The fourth-order valence-electron chi connectivity index (χ4n) is 1.78. The Morgan fingerprint density at radius 1 is 1.20 bits per heavy atom. The van der Waals surface area contributed by atoms with Crippen LogP contribution in [0.2, 0.25) is 0 Å². The van der Waals surface area contributed by atoms with Gasteiger partial charge in [0.2, 0.25) is 5.65 Å². The van der Waals surface area contributed by atoms with E-state index in [0.29, 0.717) is 0 Å². The minimum absolute atomic E-state index is 0.00528. The third kappa shape index (κ3) is 1.50. The number of nitrogen functional groups attached to an aromatic ring is 1. The Morgan fingerprint density at radius 2 is 1.95 bits per heavy atom. The summed E-state index contributed by atoms with van der Waals surface area (Å²) < 4.78 is 1.05. The molecule has 0 aliphatic heterocycles. The number of hydrogen-bond acceptors (Lipinski definition) is 8. The summed E-state index contributed by atoms with van der Waals surface area (Å²) in [6.45, 7) is 0. The molecule has 2 N–H and O–H groups in total. The smallest absolute Gasteiger partial charge is 0.333 e. The molecule has 3 aromatic rings. The molecule has 0 bridgehead atoms. The maximum absolute atomic E-state index is 10.8. The highest BCUT2D eigenvalue weighted by Gasteiger charge is 2.21. The molecule has 0 spiro atoms. The van der Waals surface area contributed by atoms with Crippen LogP contribution in [0.15, 0.2) is 18.5 Å². The van der Waals surface area contributed by atoms with Crippen molar-refractivity contribution in [2.75, 3.05) is 5.73 Å². The van der Waals surface area contributed by atoms with E-state index in [-0.39, 0.29) is 33.9 Å². The zero-order valence-corrected chi connectivity index (χ0v) is 9.63. The summed E-state index contributed by atoms with van der Waals surface area (Å²) in [4.78, 5) is 28.0. The van der Waals surface area contributed by atoms with Crippen LogP contribution in [0.4, 0.5) is 17.2 Å². The first kappa shape index (κ1) is 11.7. The van der Waals surface area contributed by atoms with Crippen LogP contribution in [-0.4, -0.2) is 29.4 Å². The molecule has 0 aliphatic rings. The predicted octanol–water partition coefficient (Wildman–Crippen LogP) is 0.676. The van der Waals surface area contributed by atoms with E-state index < -0.39 is 9.85 Å². The standard InChI is InChI=1S/C9H5N7O4/c10-7-5-1-4(15(17)18)2-11-8(5)13-9-6(16(19)20)3-12-14(7)9/h1-3H,10H2. The van der Waals surface area contributed by atoms with Gasteiger partial charge in [-0.1, -0.05) is 0 Å². The van der Waals surface area contributed by atoms with Gasteiger partial charge in [-0.25, -0.2) is 9.97 Å². The average molecular weight is 275 g/mol. The van der Waals surface area contributed by atoms with Gasteiger partial charge in [-0.15, -0.1) is 0 Å². The second kappa shape index (κ2) is 3.81. The van der Waals surface area contributed by atoms with E-state index in [4.69, 9.17) is 5.73 Å². The first-order chi connectivity index (χ1) is 9.49. The molecule has 11 nitrogen and oxygen atoms in total. The largest absolute Gasteiger partial charge is 0.383 e. The molecule has 0 atom stereocenters. The van der Waals surface area contributed by atoms with Crippen LogP contribution in [0.5, 0.6) is 0 Å². The summed E-state index contributed by atoms with van der Waals surface area (Å²) in [5, 5.41) is 25.5. The van der Waals surface area contributed by atoms with Crippen molar-refractivity contribution in [3.63, 3.8) is 0 Å². The number of hydrogen-bond donors (Lipinski definition) is 1. The molecule has 20 heavy (non-hydrogen) atoms. The van der Waals surface area contributed by atoms with Crippen molar-refractivity contribution >= 4 is 33.9 Å². The summed E-state index contributed by atoms with van der Waals surface area (Å²) in [5.74, 6) is -0.00528. The third-order valence-electron chi connectivity index (χ3n) is 2.70. The van der Waals surface area contributed by atoms with Gasteiger partial charge in [-0.3, -0.25) is 20.2 Å². The fraction of sp³-hybridized carbons (Fsp3) is 0. The fourth-order valence-corrected chi connectivity index (χ4v) is 1.78. The third-order valence-corrected chi connectivity index (χ3v) is 2.70. The topological polar surface area (TPSA) is 155 Å². The summed E-state index contributed by atoms with van der Waals surface area (Å²) >= 11 is 0. The summed E-state index contributed by atoms with van der Waals surface area (Å²) in [6, 6.07) is 1.19. The van der Waals surface area contributed by atoms with Gasteiger partial charge in [-0.05, 0) is 0 Å². The van der Waals surface area contributed by atoms with E-state index in [2.05, 4.69) is 15.1 Å². The molecule has 11 heteroatoms. The second-order valence-electron chi connectivity index (χ2n) is 3.84. The van der Waals surface area contributed by atoms with Gasteiger partial charge in [0.05, 0.1) is 15.2 Å². The molecule has 0 saturated heterocycles. The maximum Gasteiger partial charge on any atom is 0.333 e. The van der Waals surface area contributed by atoms with E-state index >= 15 is 0 Å². The molecule has 0 fully saturated rings. The first-order valence-corrected chi connectivity index (χ1v) is 5.21. The lowest BCUT2D eigenvalue weighted by molar-refractivity contribution is -0.385. The first-order valence-electron chi connectivity index (χ1n) is 5.21. The average Bonchev–Trinajstić information content (AvgIpc) is 2.82. The number of fused-ring (bicyclic) bond motifs is 2. The lowest BCUT2D eigenvalue weighted by Crippen LogP contribution is -2.03. The molecule has 0 radical (unpaired) electrons. The van der Waals surface area contributed by atoms with Gasteiger partial charge < -0.3 is 5.73 Å². The number of nitrogens with zero attached hydrogens (tertiary/aromatic N) is 6. The molecule has 100 valence electrons. The Morgan fingerprint density at radius 3 is 2.60 bits per heavy atom. The zero-order valence-electron chi connectivity index (χ0n) is 9.63. The van der Waals surface area contributed by atoms with Gasteiger partial charge in [0.15, 0.2) is 5.65 Å². The number of nitrogens with two attached hydrogens (primary N) is 1. The van der Waals surface area contributed by atoms with Crippen LogP contribution in [0, 0.1) is 20.2 Å². The molecule has 0 amide bonds. The van der Waals surface area contributed by atoms with Crippen molar-refractivity contribution in [1.82, 2.24) is 19.6 Å². The van der Waals surface area contributed by atoms with Crippen molar-refractivity contribution in [1.29, 1.82) is 0 Å². The normalized spacial score (nSPS) is 11.0. The Labute approximate surface area is 109 Å². The van der Waals surface area contributed by atoms with Crippen LogP contribution in [0.3, 0.4) is 0 Å².